The maximum Gasteiger partial charge on any atom is 0.418 e. The van der Waals surface area contributed by atoms with Crippen LogP contribution in [0.1, 0.15) is 37.6 Å². The van der Waals surface area contributed by atoms with Crippen molar-refractivity contribution < 1.29 is 32.0 Å². The largest absolute Gasteiger partial charge is 0.418 e. The smallest absolute Gasteiger partial charge is 0.378 e. The Hall–Kier alpha value is -3.86. The average molecular weight is 488 g/mol. The number of alkyl halides is 3. The first-order valence-electron chi connectivity index (χ1n) is 10.8. The van der Waals surface area contributed by atoms with Gasteiger partial charge in [-0.25, -0.2) is 0 Å². The van der Waals surface area contributed by atoms with E-state index in [2.05, 4.69) is 15.8 Å². The Balaban J connectivity index is 1.50. The van der Waals surface area contributed by atoms with E-state index >= 15 is 0 Å². The average Bonchev–Trinajstić information content (AvgIpc) is 3.26. The Morgan fingerprint density at radius 1 is 1.00 bits per heavy atom. The van der Waals surface area contributed by atoms with Gasteiger partial charge in [0, 0.05) is 35.7 Å². The molecule has 1 aliphatic heterocycles. The Kier molecular flexibility index (Phi) is 6.79. The van der Waals surface area contributed by atoms with Crippen LogP contribution in [-0.4, -0.2) is 43.3 Å². The summed E-state index contributed by atoms with van der Waals surface area (Å²) in [6.45, 7) is 4.71. The highest BCUT2D eigenvalue weighted by Gasteiger charge is 2.36. The number of hydrogen-bond acceptors (Lipinski definition) is 6. The fourth-order valence-electron chi connectivity index (χ4n) is 3.78. The quantitative estimate of drug-likeness (QED) is 0.543. The summed E-state index contributed by atoms with van der Waals surface area (Å²) in [6.07, 6.45) is -3.31. The van der Waals surface area contributed by atoms with Crippen molar-refractivity contribution >= 4 is 28.9 Å². The van der Waals surface area contributed by atoms with E-state index in [4.69, 9.17) is 9.26 Å². The molecule has 1 fully saturated rings. The van der Waals surface area contributed by atoms with Gasteiger partial charge in [0.1, 0.15) is 11.3 Å². The molecular formula is C24H23F3N4O4. The number of aromatic nitrogens is 1. The third-order valence-corrected chi connectivity index (χ3v) is 5.64. The zero-order valence-electron chi connectivity index (χ0n) is 19.0. The van der Waals surface area contributed by atoms with E-state index in [-0.39, 0.29) is 11.3 Å². The predicted molar refractivity (Wildman–Crippen MR) is 123 cm³/mol. The van der Waals surface area contributed by atoms with Gasteiger partial charge in [0.2, 0.25) is 0 Å². The van der Waals surface area contributed by atoms with Crippen LogP contribution in [0.3, 0.4) is 0 Å². The fourth-order valence-corrected chi connectivity index (χ4v) is 3.78. The summed E-state index contributed by atoms with van der Waals surface area (Å²) in [5.41, 5.74) is 0.848. The highest BCUT2D eigenvalue weighted by atomic mass is 19.4. The molecule has 2 N–H and O–H groups in total. The number of aryl methyl sites for hydroxylation is 2. The van der Waals surface area contributed by atoms with Gasteiger partial charge in [0.25, 0.3) is 11.8 Å². The lowest BCUT2D eigenvalue weighted by atomic mass is 10.1. The van der Waals surface area contributed by atoms with E-state index in [1.807, 2.05) is 0 Å². The van der Waals surface area contributed by atoms with Crippen LogP contribution in [0.15, 0.2) is 47.1 Å². The Morgan fingerprint density at radius 3 is 2.37 bits per heavy atom. The first-order chi connectivity index (χ1) is 16.6. The third-order valence-electron chi connectivity index (χ3n) is 5.64. The molecule has 35 heavy (non-hydrogen) atoms. The van der Waals surface area contributed by atoms with Crippen molar-refractivity contribution in [1.29, 1.82) is 0 Å². The van der Waals surface area contributed by atoms with E-state index in [9.17, 15) is 22.8 Å². The minimum absolute atomic E-state index is 0.0244. The first kappa shape index (κ1) is 24.3. The van der Waals surface area contributed by atoms with Crippen LogP contribution in [-0.2, 0) is 10.9 Å². The van der Waals surface area contributed by atoms with Gasteiger partial charge in [0.05, 0.1) is 25.0 Å². The van der Waals surface area contributed by atoms with Crippen molar-refractivity contribution in [3.05, 3.63) is 70.6 Å². The van der Waals surface area contributed by atoms with Gasteiger partial charge >= 0.3 is 6.18 Å². The molecule has 2 aromatic carbocycles. The minimum atomic E-state index is -4.62. The van der Waals surface area contributed by atoms with Crippen LogP contribution >= 0.6 is 0 Å². The number of nitrogens with zero attached hydrogens (tertiary/aromatic N) is 2. The number of hydrogen-bond donors (Lipinski definition) is 2. The summed E-state index contributed by atoms with van der Waals surface area (Å²) < 4.78 is 51.4. The van der Waals surface area contributed by atoms with Crippen LogP contribution in [0.5, 0.6) is 0 Å². The van der Waals surface area contributed by atoms with Crippen LogP contribution < -0.4 is 15.5 Å². The normalized spacial score (nSPS) is 14.0. The molecule has 2 amide bonds. The third kappa shape index (κ3) is 5.46. The Morgan fingerprint density at radius 2 is 1.74 bits per heavy atom. The van der Waals surface area contributed by atoms with Crippen molar-refractivity contribution in [2.24, 2.45) is 0 Å². The van der Waals surface area contributed by atoms with Crippen LogP contribution in [0, 0.1) is 13.8 Å². The highest BCUT2D eigenvalue weighted by Crippen LogP contribution is 2.37. The summed E-state index contributed by atoms with van der Waals surface area (Å²) in [5.74, 6) is -0.703. The number of carbonyl (C=O) groups excluding carboxylic acids is 2. The van der Waals surface area contributed by atoms with E-state index in [0.717, 1.165) is 6.07 Å². The lowest BCUT2D eigenvalue weighted by Crippen LogP contribution is -2.37. The maximum atomic E-state index is 13.8. The number of rotatable bonds is 5. The Bertz CT molecular complexity index is 1250. The van der Waals surface area contributed by atoms with Crippen molar-refractivity contribution in [3.63, 3.8) is 0 Å². The summed E-state index contributed by atoms with van der Waals surface area (Å²) >= 11 is 0. The number of amides is 2. The zero-order chi connectivity index (χ0) is 25.2. The van der Waals surface area contributed by atoms with Crippen LogP contribution in [0.2, 0.25) is 0 Å². The van der Waals surface area contributed by atoms with Gasteiger partial charge in [-0.3, -0.25) is 9.59 Å². The van der Waals surface area contributed by atoms with Gasteiger partial charge in [-0.2, -0.15) is 13.2 Å². The second-order valence-electron chi connectivity index (χ2n) is 8.06. The van der Waals surface area contributed by atoms with Crippen LogP contribution in [0.4, 0.5) is 30.2 Å². The molecule has 0 radical (unpaired) electrons. The molecule has 11 heteroatoms. The van der Waals surface area contributed by atoms with Crippen molar-refractivity contribution in [3.8, 4) is 0 Å². The van der Waals surface area contributed by atoms with Crippen molar-refractivity contribution in [2.75, 3.05) is 41.8 Å². The molecule has 3 aromatic rings. The molecular weight excluding hydrogens is 465 g/mol. The molecule has 8 nitrogen and oxygen atoms in total. The molecule has 0 spiro atoms. The number of nitrogens with one attached hydrogen (secondary N) is 2. The topological polar surface area (TPSA) is 96.7 Å². The fraction of sp³-hybridized carbons (Fsp3) is 0.292. The number of anilines is 3. The van der Waals surface area contributed by atoms with Gasteiger partial charge in [-0.05, 0) is 55.8 Å². The number of morpholine rings is 1. The number of carbonyl (C=O) groups is 2. The van der Waals surface area contributed by atoms with Gasteiger partial charge in [0.15, 0.2) is 0 Å². The summed E-state index contributed by atoms with van der Waals surface area (Å²) in [6, 6.07) is 8.31. The summed E-state index contributed by atoms with van der Waals surface area (Å²) in [4.78, 5) is 26.7. The zero-order valence-corrected chi connectivity index (χ0v) is 19.0. The van der Waals surface area contributed by atoms with E-state index in [1.165, 1.54) is 18.3 Å². The van der Waals surface area contributed by atoms with Crippen molar-refractivity contribution in [1.82, 2.24) is 5.16 Å². The molecule has 1 aliphatic rings. The summed E-state index contributed by atoms with van der Waals surface area (Å²) in [5, 5.41) is 8.93. The lowest BCUT2D eigenvalue weighted by Gasteiger charge is -2.31. The minimum Gasteiger partial charge on any atom is -0.378 e. The SMILES string of the molecule is Cc1cc(NC(=O)c2ccc(N3CCOCC3)c(C(F)(F)F)c2)ccc1NC(=O)c1cnoc1C. The van der Waals surface area contributed by atoms with Gasteiger partial charge in [-0.15, -0.1) is 0 Å². The molecule has 0 unspecified atom stereocenters. The van der Waals surface area contributed by atoms with E-state index in [1.54, 1.807) is 36.9 Å². The summed E-state index contributed by atoms with van der Waals surface area (Å²) in [7, 11) is 0. The Labute approximate surface area is 199 Å². The first-order valence-corrected chi connectivity index (χ1v) is 10.8. The number of halogens is 3. The van der Waals surface area contributed by atoms with E-state index in [0.29, 0.717) is 54.6 Å². The second-order valence-corrected chi connectivity index (χ2v) is 8.06. The highest BCUT2D eigenvalue weighted by molar-refractivity contribution is 6.06. The molecule has 0 aliphatic carbocycles. The van der Waals surface area contributed by atoms with Crippen molar-refractivity contribution in [2.45, 2.75) is 20.0 Å². The molecule has 4 rings (SSSR count). The number of benzene rings is 2. The molecule has 184 valence electrons. The molecule has 0 saturated carbocycles. The monoisotopic (exact) mass is 488 g/mol. The van der Waals surface area contributed by atoms with Gasteiger partial charge < -0.3 is 24.8 Å². The number of ether oxygens (including phenoxy) is 1. The predicted octanol–water partition coefficient (Wildman–Crippen LogP) is 4.65. The molecule has 0 bridgehead atoms. The standard InChI is InChI=1S/C24H23F3N4O4/c1-14-11-17(4-5-20(14)30-23(33)18-13-28-35-15(18)2)29-22(32)16-3-6-21(19(12-16)24(25,26)27)31-7-9-34-10-8-31/h3-6,11-13H,7-10H2,1-2H3,(H,29,32)(H,30,33). The molecule has 1 saturated heterocycles. The molecule has 0 atom stereocenters. The molecule has 1 aromatic heterocycles. The molecule has 2 heterocycles. The lowest BCUT2D eigenvalue weighted by molar-refractivity contribution is -0.137. The van der Waals surface area contributed by atoms with E-state index < -0.39 is 23.6 Å². The van der Waals surface area contributed by atoms with Crippen LogP contribution in [0.25, 0.3) is 0 Å². The van der Waals surface area contributed by atoms with Gasteiger partial charge in [-0.1, -0.05) is 5.16 Å². The maximum absolute atomic E-state index is 13.8. The second kappa shape index (κ2) is 9.79.